The number of benzene rings is 2. The summed E-state index contributed by atoms with van der Waals surface area (Å²) in [6.45, 7) is 11.2. The lowest BCUT2D eigenvalue weighted by atomic mass is 9.98. The van der Waals surface area contributed by atoms with E-state index in [0.717, 1.165) is 16.8 Å². The van der Waals surface area contributed by atoms with Crippen molar-refractivity contribution in [2.45, 2.75) is 59.3 Å². The van der Waals surface area contributed by atoms with E-state index in [0.29, 0.717) is 29.9 Å². The van der Waals surface area contributed by atoms with Gasteiger partial charge in [-0.1, -0.05) is 26.0 Å². The van der Waals surface area contributed by atoms with Gasteiger partial charge in [0.25, 0.3) is 5.56 Å². The largest absolute Gasteiger partial charge is 0.497 e. The Labute approximate surface area is 210 Å². The SMILES string of the molecule is COc1ccc2cc(CN(Cc3ccc(F)cc3)[C@@H](c3nnnn3C(C)(C)C)C(C)C)c(=O)[nH]c2c1. The predicted molar refractivity (Wildman–Crippen MR) is 137 cm³/mol. The van der Waals surface area contributed by atoms with Crippen molar-refractivity contribution in [3.63, 3.8) is 0 Å². The van der Waals surface area contributed by atoms with E-state index in [-0.39, 0.29) is 28.9 Å². The van der Waals surface area contributed by atoms with Crippen molar-refractivity contribution in [2.75, 3.05) is 7.11 Å². The van der Waals surface area contributed by atoms with E-state index in [1.807, 2.05) is 28.9 Å². The highest BCUT2D eigenvalue weighted by atomic mass is 19.1. The lowest BCUT2D eigenvalue weighted by Crippen LogP contribution is -2.37. The van der Waals surface area contributed by atoms with E-state index in [2.05, 4.69) is 60.0 Å². The van der Waals surface area contributed by atoms with Gasteiger partial charge in [-0.15, -0.1) is 5.10 Å². The van der Waals surface area contributed by atoms with Gasteiger partial charge in [-0.05, 0) is 78.4 Å². The van der Waals surface area contributed by atoms with Crippen LogP contribution in [-0.4, -0.2) is 37.2 Å². The smallest absolute Gasteiger partial charge is 0.252 e. The molecular formula is C27H33FN6O2. The molecule has 2 aromatic heterocycles. The van der Waals surface area contributed by atoms with Gasteiger partial charge in [-0.2, -0.15) is 0 Å². The summed E-state index contributed by atoms with van der Waals surface area (Å²) in [5, 5.41) is 13.6. The summed E-state index contributed by atoms with van der Waals surface area (Å²) in [6, 6.07) is 13.8. The highest BCUT2D eigenvalue weighted by Crippen LogP contribution is 2.32. The van der Waals surface area contributed by atoms with Gasteiger partial charge in [0.15, 0.2) is 5.82 Å². The Hall–Kier alpha value is -3.59. The Morgan fingerprint density at radius 1 is 1.08 bits per heavy atom. The standard InChI is InChI=1S/C27H33FN6O2/c1-17(2)24(25-30-31-32-34(25)27(3,4)5)33(15-18-7-10-21(28)11-8-18)16-20-13-19-9-12-22(36-6)14-23(19)29-26(20)35/h7-14,17,24H,15-16H2,1-6H3,(H,29,35)/t24-/m1/s1. The van der Waals surface area contributed by atoms with E-state index in [1.54, 1.807) is 19.2 Å². The first-order valence-corrected chi connectivity index (χ1v) is 12.0. The molecule has 0 amide bonds. The minimum Gasteiger partial charge on any atom is -0.497 e. The van der Waals surface area contributed by atoms with Crippen molar-refractivity contribution in [1.82, 2.24) is 30.1 Å². The molecule has 0 spiro atoms. The molecule has 190 valence electrons. The first kappa shape index (κ1) is 25.5. The van der Waals surface area contributed by atoms with E-state index >= 15 is 0 Å². The average molecular weight is 493 g/mol. The summed E-state index contributed by atoms with van der Waals surface area (Å²) in [5.41, 5.74) is 1.77. The zero-order valence-electron chi connectivity index (χ0n) is 21.6. The van der Waals surface area contributed by atoms with E-state index < -0.39 is 0 Å². The molecule has 8 nitrogen and oxygen atoms in total. The maximum absolute atomic E-state index is 13.6. The Bertz CT molecular complexity index is 1390. The number of aromatic nitrogens is 5. The minimum absolute atomic E-state index is 0.126. The van der Waals surface area contributed by atoms with Crippen molar-refractivity contribution in [3.05, 3.63) is 81.7 Å². The topological polar surface area (TPSA) is 88.9 Å². The third-order valence-electron chi connectivity index (χ3n) is 6.22. The van der Waals surface area contributed by atoms with Crippen LogP contribution in [0.1, 0.15) is 57.6 Å². The molecule has 9 heteroatoms. The summed E-state index contributed by atoms with van der Waals surface area (Å²) >= 11 is 0. The monoisotopic (exact) mass is 492 g/mol. The lowest BCUT2D eigenvalue weighted by molar-refractivity contribution is 0.119. The Kier molecular flexibility index (Phi) is 7.21. The van der Waals surface area contributed by atoms with Gasteiger partial charge in [0.2, 0.25) is 0 Å². The molecule has 0 aliphatic heterocycles. The van der Waals surface area contributed by atoms with Crippen LogP contribution in [0.2, 0.25) is 0 Å². The van der Waals surface area contributed by atoms with Crippen LogP contribution in [0.3, 0.4) is 0 Å². The Morgan fingerprint density at radius 3 is 2.44 bits per heavy atom. The second kappa shape index (κ2) is 10.2. The van der Waals surface area contributed by atoms with Gasteiger partial charge in [0.1, 0.15) is 11.6 Å². The zero-order chi connectivity index (χ0) is 26.0. The third kappa shape index (κ3) is 5.46. The van der Waals surface area contributed by atoms with E-state index in [4.69, 9.17) is 4.74 Å². The summed E-state index contributed by atoms with van der Waals surface area (Å²) in [5.74, 6) is 1.24. The first-order chi connectivity index (χ1) is 17.1. The molecule has 0 aliphatic carbocycles. The van der Waals surface area contributed by atoms with Crippen LogP contribution < -0.4 is 10.3 Å². The van der Waals surface area contributed by atoms with Crippen LogP contribution in [0.5, 0.6) is 5.75 Å². The molecule has 0 unspecified atom stereocenters. The Morgan fingerprint density at radius 2 is 1.81 bits per heavy atom. The van der Waals surface area contributed by atoms with E-state index in [1.165, 1.54) is 12.1 Å². The number of hydrogen-bond donors (Lipinski definition) is 1. The lowest BCUT2D eigenvalue weighted by Gasteiger charge is -2.35. The number of nitrogens with zero attached hydrogens (tertiary/aromatic N) is 5. The summed E-state index contributed by atoms with van der Waals surface area (Å²) in [4.78, 5) is 18.3. The maximum atomic E-state index is 13.6. The van der Waals surface area contributed by atoms with E-state index in [9.17, 15) is 9.18 Å². The summed E-state index contributed by atoms with van der Waals surface area (Å²) in [7, 11) is 1.60. The summed E-state index contributed by atoms with van der Waals surface area (Å²) in [6.07, 6.45) is 0. The average Bonchev–Trinajstić information content (AvgIpc) is 3.30. The van der Waals surface area contributed by atoms with Crippen LogP contribution in [0.15, 0.2) is 53.3 Å². The zero-order valence-corrected chi connectivity index (χ0v) is 21.6. The van der Waals surface area contributed by atoms with Gasteiger partial charge in [-0.3, -0.25) is 9.69 Å². The molecule has 0 aliphatic rings. The van der Waals surface area contributed by atoms with Crippen molar-refractivity contribution < 1.29 is 9.13 Å². The van der Waals surface area contributed by atoms with Gasteiger partial charge in [-0.25, -0.2) is 9.07 Å². The molecular weight excluding hydrogens is 459 g/mol. The van der Waals surface area contributed by atoms with Gasteiger partial charge >= 0.3 is 0 Å². The van der Waals surface area contributed by atoms with Crippen molar-refractivity contribution >= 4 is 10.9 Å². The second-order valence-corrected chi connectivity index (χ2v) is 10.4. The number of hydrogen-bond acceptors (Lipinski definition) is 6. The van der Waals surface area contributed by atoms with Crippen LogP contribution in [-0.2, 0) is 18.6 Å². The molecule has 0 bridgehead atoms. The van der Waals surface area contributed by atoms with Crippen molar-refractivity contribution in [1.29, 1.82) is 0 Å². The number of ether oxygens (including phenoxy) is 1. The number of rotatable bonds is 8. The molecule has 1 atom stereocenters. The number of tetrazole rings is 1. The fourth-order valence-corrected chi connectivity index (χ4v) is 4.50. The van der Waals surface area contributed by atoms with Crippen LogP contribution in [0, 0.1) is 11.7 Å². The quantitative estimate of drug-likeness (QED) is 0.380. The number of halogens is 1. The number of fused-ring (bicyclic) bond motifs is 1. The molecule has 36 heavy (non-hydrogen) atoms. The molecule has 0 saturated carbocycles. The molecule has 4 aromatic rings. The van der Waals surface area contributed by atoms with Crippen molar-refractivity contribution in [3.8, 4) is 5.75 Å². The molecule has 4 rings (SSSR count). The van der Waals surface area contributed by atoms with Gasteiger partial charge in [0.05, 0.1) is 24.2 Å². The summed E-state index contributed by atoms with van der Waals surface area (Å²) < 4.78 is 20.8. The number of aromatic amines is 1. The number of pyridine rings is 1. The number of nitrogens with one attached hydrogen (secondary N) is 1. The van der Waals surface area contributed by atoms with Crippen LogP contribution in [0.4, 0.5) is 4.39 Å². The fourth-order valence-electron chi connectivity index (χ4n) is 4.50. The highest BCUT2D eigenvalue weighted by Gasteiger charge is 2.33. The molecule has 0 radical (unpaired) electrons. The molecule has 2 aromatic carbocycles. The maximum Gasteiger partial charge on any atom is 0.252 e. The number of methoxy groups -OCH3 is 1. The minimum atomic E-state index is -0.326. The first-order valence-electron chi connectivity index (χ1n) is 12.0. The molecule has 1 N–H and O–H groups in total. The predicted octanol–water partition coefficient (Wildman–Crippen LogP) is 4.82. The third-order valence-corrected chi connectivity index (χ3v) is 6.22. The Balaban J connectivity index is 1.79. The van der Waals surface area contributed by atoms with Crippen LogP contribution >= 0.6 is 0 Å². The fraction of sp³-hybridized carbons (Fsp3) is 0.407. The number of H-pyrrole nitrogens is 1. The second-order valence-electron chi connectivity index (χ2n) is 10.4. The van der Waals surface area contributed by atoms with Gasteiger partial charge in [0, 0.05) is 24.7 Å². The normalized spacial score (nSPS) is 13.0. The highest BCUT2D eigenvalue weighted by molar-refractivity contribution is 5.80. The van der Waals surface area contributed by atoms with Crippen molar-refractivity contribution in [2.24, 2.45) is 5.92 Å². The molecule has 2 heterocycles. The van der Waals surface area contributed by atoms with Gasteiger partial charge < -0.3 is 9.72 Å². The molecule has 0 saturated heterocycles. The van der Waals surface area contributed by atoms with Crippen LogP contribution in [0.25, 0.3) is 10.9 Å². The molecule has 0 fully saturated rings.